The number of rotatable bonds is 5. The van der Waals surface area contributed by atoms with Gasteiger partial charge in [0, 0.05) is 24.5 Å². The van der Waals surface area contributed by atoms with E-state index in [-0.39, 0.29) is 5.82 Å². The lowest BCUT2D eigenvalue weighted by Crippen LogP contribution is -2.35. The summed E-state index contributed by atoms with van der Waals surface area (Å²) in [4.78, 5) is 10.2. The highest BCUT2D eigenvalue weighted by Crippen LogP contribution is 2.21. The molecule has 0 bridgehead atoms. The minimum Gasteiger partial charge on any atom is -0.463 e. The number of likely N-dealkylation sites (tertiary alicyclic amines) is 1. The zero-order valence-electron chi connectivity index (χ0n) is 12.8. The maximum atomic E-state index is 13.7. The first-order valence-electron chi connectivity index (χ1n) is 7.77. The number of nitrogens with zero attached hydrogens (tertiary/aromatic N) is 3. The van der Waals surface area contributed by atoms with E-state index in [1.807, 2.05) is 0 Å². The molecule has 0 saturated carbocycles. The summed E-state index contributed by atoms with van der Waals surface area (Å²) < 4.78 is 32.5. The molecule has 1 aliphatic heterocycles. The lowest BCUT2D eigenvalue weighted by molar-refractivity contribution is 0.131. The average molecular weight is 319 g/mol. The molecule has 1 saturated heterocycles. The van der Waals surface area contributed by atoms with Gasteiger partial charge in [-0.2, -0.15) is 0 Å². The third kappa shape index (κ3) is 4.45. The van der Waals surface area contributed by atoms with Crippen LogP contribution in [0, 0.1) is 17.6 Å². The summed E-state index contributed by atoms with van der Waals surface area (Å²) >= 11 is 0. The highest BCUT2D eigenvalue weighted by atomic mass is 19.1. The summed E-state index contributed by atoms with van der Waals surface area (Å²) in [7, 11) is 0. The number of piperidine rings is 1. The van der Waals surface area contributed by atoms with Crippen LogP contribution in [0.3, 0.4) is 0 Å². The quantitative estimate of drug-likeness (QED) is 0.849. The van der Waals surface area contributed by atoms with Crippen LogP contribution in [-0.2, 0) is 6.54 Å². The summed E-state index contributed by atoms with van der Waals surface area (Å²) in [6.07, 6.45) is 5.23. The summed E-state index contributed by atoms with van der Waals surface area (Å²) in [6.45, 7) is 2.73. The van der Waals surface area contributed by atoms with Crippen molar-refractivity contribution >= 4 is 0 Å². The third-order valence-corrected chi connectivity index (χ3v) is 4.10. The van der Waals surface area contributed by atoms with E-state index in [4.69, 9.17) is 4.74 Å². The molecule has 2 heterocycles. The molecule has 0 aliphatic carbocycles. The highest BCUT2D eigenvalue weighted by Gasteiger charge is 2.21. The Morgan fingerprint density at radius 1 is 1.13 bits per heavy atom. The lowest BCUT2D eigenvalue weighted by atomic mass is 9.97. The van der Waals surface area contributed by atoms with Crippen LogP contribution in [0.25, 0.3) is 0 Å². The Labute approximate surface area is 134 Å². The van der Waals surface area contributed by atoms with Gasteiger partial charge in [0.05, 0.1) is 6.61 Å². The van der Waals surface area contributed by atoms with Crippen molar-refractivity contribution in [2.24, 2.45) is 5.92 Å². The van der Waals surface area contributed by atoms with Gasteiger partial charge in [-0.25, -0.2) is 18.7 Å². The van der Waals surface area contributed by atoms with E-state index >= 15 is 0 Å². The van der Waals surface area contributed by atoms with E-state index in [9.17, 15) is 8.78 Å². The Kier molecular flexibility index (Phi) is 5.12. The normalized spacial score (nSPS) is 16.4. The van der Waals surface area contributed by atoms with Crippen LogP contribution in [0.1, 0.15) is 18.4 Å². The van der Waals surface area contributed by atoms with Crippen LogP contribution in [0.2, 0.25) is 0 Å². The summed E-state index contributed by atoms with van der Waals surface area (Å²) in [5, 5.41) is 0. The fourth-order valence-electron chi connectivity index (χ4n) is 2.77. The van der Waals surface area contributed by atoms with Crippen molar-refractivity contribution in [3.63, 3.8) is 0 Å². The maximum absolute atomic E-state index is 13.7. The molecular weight excluding hydrogens is 300 g/mol. The Bertz CT molecular complexity index is 631. The van der Waals surface area contributed by atoms with Crippen molar-refractivity contribution in [3.05, 3.63) is 53.9 Å². The zero-order chi connectivity index (χ0) is 16.1. The Morgan fingerprint density at radius 3 is 2.61 bits per heavy atom. The second-order valence-corrected chi connectivity index (χ2v) is 5.80. The first-order chi connectivity index (χ1) is 11.2. The molecule has 1 aromatic heterocycles. The standard InChI is InChI=1S/C17H19F2N3O/c18-15-2-3-16(19)14(10-15)11-22-8-4-13(5-9-22)12-23-17-20-6-1-7-21-17/h1-3,6-7,10,13H,4-5,8-9,11-12H2. The van der Waals surface area contributed by atoms with Crippen LogP contribution < -0.4 is 4.74 Å². The first-order valence-corrected chi connectivity index (χ1v) is 7.77. The molecule has 1 aliphatic rings. The minimum absolute atomic E-state index is 0.349. The summed E-state index contributed by atoms with van der Waals surface area (Å²) in [6, 6.07) is 5.75. The molecule has 0 atom stereocenters. The van der Waals surface area contributed by atoms with E-state index in [2.05, 4.69) is 14.9 Å². The molecule has 0 N–H and O–H groups in total. The number of hydrogen-bond donors (Lipinski definition) is 0. The number of aromatic nitrogens is 2. The van der Waals surface area contributed by atoms with Crippen molar-refractivity contribution in [2.75, 3.05) is 19.7 Å². The molecule has 1 fully saturated rings. The molecule has 4 nitrogen and oxygen atoms in total. The average Bonchev–Trinajstić information content (AvgIpc) is 2.58. The van der Waals surface area contributed by atoms with Gasteiger partial charge in [0.25, 0.3) is 0 Å². The number of hydrogen-bond acceptors (Lipinski definition) is 4. The predicted octanol–water partition coefficient (Wildman–Crippen LogP) is 3.05. The molecule has 0 spiro atoms. The predicted molar refractivity (Wildman–Crippen MR) is 81.9 cm³/mol. The molecular formula is C17H19F2N3O. The molecule has 0 amide bonds. The second kappa shape index (κ2) is 7.46. The molecule has 1 aromatic carbocycles. The van der Waals surface area contributed by atoms with Crippen molar-refractivity contribution in [1.82, 2.24) is 14.9 Å². The van der Waals surface area contributed by atoms with Gasteiger partial charge in [-0.1, -0.05) is 0 Å². The third-order valence-electron chi connectivity index (χ3n) is 4.10. The van der Waals surface area contributed by atoms with Crippen molar-refractivity contribution < 1.29 is 13.5 Å². The fourth-order valence-corrected chi connectivity index (χ4v) is 2.77. The van der Waals surface area contributed by atoms with Crippen LogP contribution in [0.4, 0.5) is 8.78 Å². The summed E-state index contributed by atoms with van der Waals surface area (Å²) in [5.41, 5.74) is 0.414. The molecule has 6 heteroatoms. The maximum Gasteiger partial charge on any atom is 0.316 e. The van der Waals surface area contributed by atoms with Crippen LogP contribution in [0.5, 0.6) is 6.01 Å². The molecule has 0 radical (unpaired) electrons. The minimum atomic E-state index is -0.396. The number of halogens is 2. The highest BCUT2D eigenvalue weighted by molar-refractivity contribution is 5.18. The van der Waals surface area contributed by atoms with Crippen molar-refractivity contribution in [2.45, 2.75) is 19.4 Å². The molecule has 3 rings (SSSR count). The van der Waals surface area contributed by atoms with Crippen LogP contribution in [0.15, 0.2) is 36.7 Å². The van der Waals surface area contributed by atoms with Gasteiger partial charge in [0.2, 0.25) is 0 Å². The fraction of sp³-hybridized carbons (Fsp3) is 0.412. The van der Waals surface area contributed by atoms with Crippen molar-refractivity contribution in [3.8, 4) is 6.01 Å². The monoisotopic (exact) mass is 319 g/mol. The van der Waals surface area contributed by atoms with E-state index in [1.54, 1.807) is 18.5 Å². The molecule has 23 heavy (non-hydrogen) atoms. The number of ether oxygens (including phenoxy) is 1. The van der Waals surface area contributed by atoms with E-state index in [0.717, 1.165) is 32.0 Å². The molecule has 0 unspecified atom stereocenters. The first kappa shape index (κ1) is 15.8. The zero-order valence-corrected chi connectivity index (χ0v) is 12.8. The van der Waals surface area contributed by atoms with Crippen molar-refractivity contribution in [1.29, 1.82) is 0 Å². The van der Waals surface area contributed by atoms with Gasteiger partial charge in [-0.15, -0.1) is 0 Å². The van der Waals surface area contributed by atoms with E-state index < -0.39 is 5.82 Å². The molecule has 2 aromatic rings. The second-order valence-electron chi connectivity index (χ2n) is 5.80. The van der Waals surface area contributed by atoms with Gasteiger partial charge in [-0.3, -0.25) is 4.90 Å². The molecule has 122 valence electrons. The van der Waals surface area contributed by atoms with Gasteiger partial charge < -0.3 is 4.74 Å². The van der Waals surface area contributed by atoms with Gasteiger partial charge >= 0.3 is 6.01 Å². The SMILES string of the molecule is Fc1ccc(F)c(CN2CCC(COc3ncccn3)CC2)c1. The Morgan fingerprint density at radius 2 is 1.87 bits per heavy atom. The number of benzene rings is 1. The van der Waals surface area contributed by atoms with Crippen LogP contribution in [-0.4, -0.2) is 34.6 Å². The van der Waals surface area contributed by atoms with Gasteiger partial charge in [-0.05, 0) is 56.1 Å². The smallest absolute Gasteiger partial charge is 0.316 e. The lowest BCUT2D eigenvalue weighted by Gasteiger charge is -2.31. The Balaban J connectivity index is 1.46. The van der Waals surface area contributed by atoms with Crippen LogP contribution >= 0.6 is 0 Å². The van der Waals surface area contributed by atoms with Gasteiger partial charge in [0.1, 0.15) is 11.6 Å². The van der Waals surface area contributed by atoms with Gasteiger partial charge in [0.15, 0.2) is 0 Å². The summed E-state index contributed by atoms with van der Waals surface area (Å²) in [5.74, 6) is -0.307. The largest absolute Gasteiger partial charge is 0.463 e. The van der Waals surface area contributed by atoms with E-state index in [0.29, 0.717) is 30.6 Å². The van der Waals surface area contributed by atoms with E-state index in [1.165, 1.54) is 12.1 Å². The Hall–Kier alpha value is -2.08. The topological polar surface area (TPSA) is 38.2 Å².